The van der Waals surface area contributed by atoms with Crippen LogP contribution in [0.5, 0.6) is 0 Å². The van der Waals surface area contributed by atoms with Crippen molar-refractivity contribution in [2.75, 3.05) is 0 Å². The molecule has 0 unspecified atom stereocenters. The summed E-state index contributed by atoms with van der Waals surface area (Å²) in [6.45, 7) is 8.12. The summed E-state index contributed by atoms with van der Waals surface area (Å²) in [5.74, 6) is 0. The number of aromatic nitrogens is 1. The van der Waals surface area contributed by atoms with E-state index >= 15 is 0 Å². The lowest BCUT2D eigenvalue weighted by atomic mass is 10.0. The molecule has 0 aliphatic carbocycles. The predicted octanol–water partition coefficient (Wildman–Crippen LogP) is 4.91. The van der Waals surface area contributed by atoms with Gasteiger partial charge in [0.1, 0.15) is 0 Å². The lowest BCUT2D eigenvalue weighted by Gasteiger charge is -2.12. The predicted molar refractivity (Wildman–Crippen MR) is 83.6 cm³/mol. The zero-order valence-electron chi connectivity index (χ0n) is 11.4. The summed E-state index contributed by atoms with van der Waals surface area (Å²) in [5.41, 5.74) is 6.47. The van der Waals surface area contributed by atoms with Crippen molar-refractivity contribution in [3.05, 3.63) is 72.0 Å². The second-order valence-corrected chi connectivity index (χ2v) is 4.87. The van der Waals surface area contributed by atoms with E-state index in [2.05, 4.69) is 67.4 Å². The fourth-order valence-corrected chi connectivity index (χ4v) is 2.83. The van der Waals surface area contributed by atoms with Crippen LogP contribution in [0.25, 0.3) is 22.5 Å². The Bertz CT molecular complexity index is 803. The molecule has 3 aromatic rings. The number of aryl methyl sites for hydroxylation is 2. The first kappa shape index (κ1) is 11.8. The van der Waals surface area contributed by atoms with Gasteiger partial charge >= 0.3 is 0 Å². The van der Waals surface area contributed by atoms with Gasteiger partial charge in [-0.25, -0.2) is 0 Å². The van der Waals surface area contributed by atoms with Crippen molar-refractivity contribution < 1.29 is 0 Å². The Morgan fingerprint density at radius 3 is 2.68 bits per heavy atom. The van der Waals surface area contributed by atoms with Crippen LogP contribution in [0, 0.1) is 13.8 Å². The molecule has 0 aliphatic heterocycles. The lowest BCUT2D eigenvalue weighted by Crippen LogP contribution is -1.94. The highest BCUT2D eigenvalue weighted by molar-refractivity contribution is 5.94. The Balaban J connectivity index is 2.56. The quantitative estimate of drug-likeness (QED) is 0.567. The third-order valence-electron chi connectivity index (χ3n) is 3.70. The van der Waals surface area contributed by atoms with Gasteiger partial charge in [-0.2, -0.15) is 0 Å². The molecule has 0 radical (unpaired) electrons. The molecule has 0 saturated heterocycles. The van der Waals surface area contributed by atoms with E-state index in [1.54, 1.807) is 0 Å². The molecule has 0 N–H and O–H groups in total. The van der Waals surface area contributed by atoms with Gasteiger partial charge in [-0.1, -0.05) is 43.0 Å². The normalized spacial score (nSPS) is 11.7. The third kappa shape index (κ3) is 1.70. The average Bonchev–Trinajstić information content (AvgIpc) is 2.81. The Morgan fingerprint density at radius 1 is 1.11 bits per heavy atom. The molecule has 0 fully saturated rings. The summed E-state index contributed by atoms with van der Waals surface area (Å²) in [4.78, 5) is 0. The van der Waals surface area contributed by atoms with E-state index in [1.165, 1.54) is 33.1 Å². The van der Waals surface area contributed by atoms with Gasteiger partial charge in [-0.3, -0.25) is 0 Å². The summed E-state index contributed by atoms with van der Waals surface area (Å²) in [6, 6.07) is 10.7. The molecule has 2 aromatic heterocycles. The topological polar surface area (TPSA) is 4.41 Å². The van der Waals surface area contributed by atoms with Crippen LogP contribution in [0.1, 0.15) is 16.7 Å². The Hall–Kier alpha value is -2.28. The number of para-hydroxylation sites is 1. The van der Waals surface area contributed by atoms with Gasteiger partial charge in [-0.15, -0.1) is 0 Å². The van der Waals surface area contributed by atoms with Gasteiger partial charge in [0.2, 0.25) is 0 Å². The molecule has 3 rings (SSSR count). The lowest BCUT2D eigenvalue weighted by molar-refractivity contribution is 1.24. The van der Waals surface area contributed by atoms with Crippen molar-refractivity contribution >= 4 is 22.5 Å². The minimum atomic E-state index is 1.25. The van der Waals surface area contributed by atoms with Crippen molar-refractivity contribution in [1.29, 1.82) is 0 Å². The largest absolute Gasteiger partial charge is 0.316 e. The van der Waals surface area contributed by atoms with Gasteiger partial charge in [0.25, 0.3) is 0 Å². The third-order valence-corrected chi connectivity index (χ3v) is 3.70. The summed E-state index contributed by atoms with van der Waals surface area (Å²) in [6.07, 6.45) is 8.13. The van der Waals surface area contributed by atoms with Crippen molar-refractivity contribution in [3.8, 4) is 0 Å². The average molecular weight is 247 g/mol. The monoisotopic (exact) mass is 247 g/mol. The van der Waals surface area contributed by atoms with Crippen LogP contribution in [0.2, 0.25) is 0 Å². The zero-order chi connectivity index (χ0) is 13.4. The van der Waals surface area contributed by atoms with Crippen LogP contribution in [0.15, 0.2) is 55.3 Å². The summed E-state index contributed by atoms with van der Waals surface area (Å²) in [5, 5.41) is 1.28. The van der Waals surface area contributed by atoms with Gasteiger partial charge in [0, 0.05) is 11.6 Å². The summed E-state index contributed by atoms with van der Waals surface area (Å²) in [7, 11) is 0. The minimum absolute atomic E-state index is 1.25. The van der Waals surface area contributed by atoms with E-state index in [0.29, 0.717) is 0 Å². The van der Waals surface area contributed by atoms with Crippen LogP contribution < -0.4 is 0 Å². The van der Waals surface area contributed by atoms with E-state index in [9.17, 15) is 0 Å². The number of benzene rings is 1. The van der Waals surface area contributed by atoms with E-state index in [1.807, 2.05) is 12.2 Å². The van der Waals surface area contributed by atoms with Crippen molar-refractivity contribution in [2.45, 2.75) is 13.8 Å². The smallest absolute Gasteiger partial charge is 0.0534 e. The SMILES string of the molecule is C=C/C=C\c1c(C)c2c(C)ccn2c2ccccc12. The van der Waals surface area contributed by atoms with E-state index in [-0.39, 0.29) is 0 Å². The fraction of sp³-hybridized carbons (Fsp3) is 0.111. The molecule has 0 amide bonds. The first-order valence-electron chi connectivity index (χ1n) is 6.52. The maximum Gasteiger partial charge on any atom is 0.0534 e. The zero-order valence-corrected chi connectivity index (χ0v) is 11.4. The highest BCUT2D eigenvalue weighted by atomic mass is 14.9. The van der Waals surface area contributed by atoms with E-state index in [0.717, 1.165) is 0 Å². The molecular weight excluding hydrogens is 230 g/mol. The molecule has 0 spiro atoms. The number of nitrogens with zero attached hydrogens (tertiary/aromatic N) is 1. The van der Waals surface area contributed by atoms with Crippen LogP contribution in [-0.2, 0) is 0 Å². The molecule has 19 heavy (non-hydrogen) atoms. The highest BCUT2D eigenvalue weighted by Crippen LogP contribution is 2.29. The number of fused-ring (bicyclic) bond motifs is 3. The first-order chi connectivity index (χ1) is 9.24. The Kier molecular flexibility index (Phi) is 2.75. The van der Waals surface area contributed by atoms with Gasteiger partial charge < -0.3 is 4.40 Å². The second-order valence-electron chi connectivity index (χ2n) is 4.87. The molecule has 1 heteroatoms. The summed E-state index contributed by atoms with van der Waals surface area (Å²) < 4.78 is 2.28. The van der Waals surface area contributed by atoms with Crippen molar-refractivity contribution in [3.63, 3.8) is 0 Å². The Morgan fingerprint density at radius 2 is 1.89 bits per heavy atom. The fourth-order valence-electron chi connectivity index (χ4n) is 2.83. The van der Waals surface area contributed by atoms with Gasteiger partial charge in [-0.05, 0) is 42.7 Å². The molecule has 2 heterocycles. The highest BCUT2D eigenvalue weighted by Gasteiger charge is 2.10. The molecule has 0 aliphatic rings. The molecule has 1 aromatic carbocycles. The molecule has 94 valence electrons. The molecule has 0 saturated carbocycles. The molecule has 0 atom stereocenters. The van der Waals surface area contributed by atoms with Crippen LogP contribution in [-0.4, -0.2) is 4.40 Å². The van der Waals surface area contributed by atoms with Crippen LogP contribution in [0.3, 0.4) is 0 Å². The van der Waals surface area contributed by atoms with Crippen molar-refractivity contribution in [2.24, 2.45) is 0 Å². The molecule has 0 bridgehead atoms. The van der Waals surface area contributed by atoms with Crippen LogP contribution in [0.4, 0.5) is 0 Å². The number of pyridine rings is 1. The number of rotatable bonds is 2. The minimum Gasteiger partial charge on any atom is -0.316 e. The number of hydrogen-bond donors (Lipinski definition) is 0. The maximum absolute atomic E-state index is 3.76. The van der Waals surface area contributed by atoms with Gasteiger partial charge in [0.15, 0.2) is 0 Å². The number of allylic oxidation sites excluding steroid dienone is 2. The second kappa shape index (κ2) is 4.43. The molecular formula is C18H17N. The van der Waals surface area contributed by atoms with E-state index in [4.69, 9.17) is 0 Å². The maximum atomic E-state index is 3.76. The van der Waals surface area contributed by atoms with E-state index < -0.39 is 0 Å². The number of hydrogen-bond acceptors (Lipinski definition) is 0. The van der Waals surface area contributed by atoms with Crippen LogP contribution >= 0.6 is 0 Å². The Labute approximate surface area is 113 Å². The van der Waals surface area contributed by atoms with Crippen molar-refractivity contribution in [1.82, 2.24) is 4.40 Å². The standard InChI is InChI=1S/C18H17N/c1-4-5-8-15-14(3)18-13(2)11-12-19(18)17-10-7-6-9-16(15)17/h4-12H,1H2,2-3H3/b8-5-. The van der Waals surface area contributed by atoms with Gasteiger partial charge in [0.05, 0.1) is 11.0 Å². The molecule has 1 nitrogen and oxygen atoms in total. The summed E-state index contributed by atoms with van der Waals surface area (Å²) >= 11 is 0. The first-order valence-corrected chi connectivity index (χ1v) is 6.52.